The third kappa shape index (κ3) is 4.11. The van der Waals surface area contributed by atoms with Gasteiger partial charge in [0.15, 0.2) is 11.5 Å². The number of carbonyl (C=O) groups is 2. The van der Waals surface area contributed by atoms with E-state index in [1.54, 1.807) is 35.1 Å². The zero-order valence-electron chi connectivity index (χ0n) is 16.6. The Labute approximate surface area is 183 Å². The summed E-state index contributed by atoms with van der Waals surface area (Å²) in [7, 11) is 0. The van der Waals surface area contributed by atoms with E-state index in [4.69, 9.17) is 13.9 Å². The normalized spacial score (nSPS) is 17.2. The summed E-state index contributed by atoms with van der Waals surface area (Å²) in [5.74, 6) is 2.52. The van der Waals surface area contributed by atoms with Crippen molar-refractivity contribution in [1.29, 1.82) is 0 Å². The lowest BCUT2D eigenvalue weighted by Crippen LogP contribution is -2.27. The number of furan rings is 1. The number of amides is 2. The maximum absolute atomic E-state index is 12.6. The van der Waals surface area contributed by atoms with Gasteiger partial charge in [-0.25, -0.2) is 0 Å². The van der Waals surface area contributed by atoms with Crippen LogP contribution in [0.15, 0.2) is 65.3 Å². The highest BCUT2D eigenvalue weighted by Crippen LogP contribution is 2.39. The molecule has 2 aromatic carbocycles. The Morgan fingerprint density at radius 2 is 1.94 bits per heavy atom. The molecule has 0 radical (unpaired) electrons. The van der Waals surface area contributed by atoms with Crippen molar-refractivity contribution in [1.82, 2.24) is 10.2 Å². The Balaban J connectivity index is 1.23. The van der Waals surface area contributed by atoms with E-state index in [1.807, 2.05) is 42.5 Å². The topological polar surface area (TPSA) is 81.0 Å². The summed E-state index contributed by atoms with van der Waals surface area (Å²) in [5, 5.41) is 2.83. The minimum absolute atomic E-state index is 0.0805. The molecule has 0 aliphatic carbocycles. The quantitative estimate of drug-likeness (QED) is 0.635. The predicted octanol–water partition coefficient (Wildman–Crippen LogP) is 3.71. The summed E-state index contributed by atoms with van der Waals surface area (Å²) in [6.07, 6.45) is 1.61. The fourth-order valence-corrected chi connectivity index (χ4v) is 4.79. The standard InChI is InChI=1S/C23H20N2O5S/c26-21-13-31-23(25(21)12-18-2-1-9-28-18)17-6-4-16(5-7-17)22(27)24-11-15-3-8-19-20(10-15)30-14-29-19/h1-10,23H,11-14H2,(H,24,27)/t23-/m0/s1. The van der Waals surface area contributed by atoms with Crippen molar-refractivity contribution in [2.45, 2.75) is 18.5 Å². The van der Waals surface area contributed by atoms with Crippen molar-refractivity contribution in [2.24, 2.45) is 0 Å². The van der Waals surface area contributed by atoms with Crippen LogP contribution < -0.4 is 14.8 Å². The average molecular weight is 436 g/mol. The molecule has 1 N–H and O–H groups in total. The van der Waals surface area contributed by atoms with Gasteiger partial charge in [-0.3, -0.25) is 9.59 Å². The average Bonchev–Trinajstić information content (AvgIpc) is 3.54. The molecule has 1 fully saturated rings. The molecule has 8 heteroatoms. The molecule has 2 aliphatic rings. The van der Waals surface area contributed by atoms with Crippen LogP contribution in [0.25, 0.3) is 0 Å². The van der Waals surface area contributed by atoms with E-state index in [0.717, 1.165) is 22.6 Å². The predicted molar refractivity (Wildman–Crippen MR) is 115 cm³/mol. The number of hydrogen-bond acceptors (Lipinski definition) is 6. The van der Waals surface area contributed by atoms with Gasteiger partial charge in [0.05, 0.1) is 18.6 Å². The molecule has 3 heterocycles. The first-order chi connectivity index (χ1) is 15.2. The van der Waals surface area contributed by atoms with E-state index < -0.39 is 0 Å². The van der Waals surface area contributed by atoms with E-state index in [9.17, 15) is 9.59 Å². The van der Waals surface area contributed by atoms with Crippen LogP contribution >= 0.6 is 11.8 Å². The zero-order valence-corrected chi connectivity index (χ0v) is 17.4. The van der Waals surface area contributed by atoms with Crippen LogP contribution in [0.2, 0.25) is 0 Å². The van der Waals surface area contributed by atoms with Gasteiger partial charge in [0, 0.05) is 12.1 Å². The lowest BCUT2D eigenvalue weighted by atomic mass is 10.1. The van der Waals surface area contributed by atoms with Crippen LogP contribution in [-0.4, -0.2) is 29.3 Å². The number of fused-ring (bicyclic) bond motifs is 1. The summed E-state index contributed by atoms with van der Waals surface area (Å²) in [4.78, 5) is 26.7. The Morgan fingerprint density at radius 3 is 2.74 bits per heavy atom. The van der Waals surface area contributed by atoms with Crippen LogP contribution in [0.4, 0.5) is 0 Å². The molecule has 1 saturated heterocycles. The summed E-state index contributed by atoms with van der Waals surface area (Å²) < 4.78 is 16.1. The van der Waals surface area contributed by atoms with E-state index in [0.29, 0.717) is 30.2 Å². The fraction of sp³-hybridized carbons (Fsp3) is 0.217. The summed E-state index contributed by atoms with van der Waals surface area (Å²) in [6.45, 7) is 1.05. The molecule has 1 atom stereocenters. The maximum atomic E-state index is 12.6. The Kier molecular flexibility index (Phi) is 5.30. The number of carbonyl (C=O) groups excluding carboxylic acids is 2. The maximum Gasteiger partial charge on any atom is 0.251 e. The fourth-order valence-electron chi connectivity index (χ4n) is 3.61. The molecular weight excluding hydrogens is 416 g/mol. The number of nitrogens with one attached hydrogen (secondary N) is 1. The first-order valence-corrected chi connectivity index (χ1v) is 10.9. The van der Waals surface area contributed by atoms with Gasteiger partial charge in [0.2, 0.25) is 12.7 Å². The summed E-state index contributed by atoms with van der Waals surface area (Å²) >= 11 is 1.58. The molecule has 158 valence electrons. The second kappa shape index (κ2) is 8.39. The Morgan fingerprint density at radius 1 is 1.10 bits per heavy atom. The molecular formula is C23H20N2O5S. The summed E-state index contributed by atoms with van der Waals surface area (Å²) in [5.41, 5.74) is 2.48. The second-order valence-electron chi connectivity index (χ2n) is 7.26. The van der Waals surface area contributed by atoms with Gasteiger partial charge in [0.1, 0.15) is 11.1 Å². The third-order valence-electron chi connectivity index (χ3n) is 5.22. The number of benzene rings is 2. The third-order valence-corrected chi connectivity index (χ3v) is 6.48. The summed E-state index contributed by atoms with van der Waals surface area (Å²) in [6, 6.07) is 16.7. The lowest BCUT2D eigenvalue weighted by molar-refractivity contribution is -0.128. The molecule has 0 saturated carbocycles. The van der Waals surface area contributed by atoms with E-state index in [1.165, 1.54) is 0 Å². The molecule has 7 nitrogen and oxygen atoms in total. The lowest BCUT2D eigenvalue weighted by Gasteiger charge is -2.23. The first-order valence-electron chi connectivity index (χ1n) is 9.87. The molecule has 0 bridgehead atoms. The van der Waals surface area contributed by atoms with E-state index in [2.05, 4.69) is 5.32 Å². The monoisotopic (exact) mass is 436 g/mol. The van der Waals surface area contributed by atoms with Crippen LogP contribution in [0.3, 0.4) is 0 Å². The van der Waals surface area contributed by atoms with Gasteiger partial charge in [-0.15, -0.1) is 11.8 Å². The SMILES string of the molecule is O=C(NCc1ccc2c(c1)OCO2)c1ccc([C@@H]2SCC(=O)N2Cc2ccco2)cc1. The van der Waals surface area contributed by atoms with Crippen molar-refractivity contribution < 1.29 is 23.5 Å². The largest absolute Gasteiger partial charge is 0.467 e. The molecule has 31 heavy (non-hydrogen) atoms. The highest BCUT2D eigenvalue weighted by Gasteiger charge is 2.33. The van der Waals surface area contributed by atoms with Crippen LogP contribution in [0.1, 0.15) is 32.6 Å². The molecule has 0 unspecified atom stereocenters. The van der Waals surface area contributed by atoms with Crippen LogP contribution in [0, 0.1) is 0 Å². The first kappa shape index (κ1) is 19.6. The van der Waals surface area contributed by atoms with Gasteiger partial charge in [-0.2, -0.15) is 0 Å². The second-order valence-corrected chi connectivity index (χ2v) is 8.33. The number of nitrogens with zero attached hydrogens (tertiary/aromatic N) is 1. The molecule has 0 spiro atoms. The Bertz CT molecular complexity index is 1100. The van der Waals surface area contributed by atoms with Crippen LogP contribution in [0.5, 0.6) is 11.5 Å². The molecule has 3 aromatic rings. The highest BCUT2D eigenvalue weighted by molar-refractivity contribution is 8.00. The highest BCUT2D eigenvalue weighted by atomic mass is 32.2. The van der Waals surface area contributed by atoms with Gasteiger partial charge in [-0.1, -0.05) is 18.2 Å². The van der Waals surface area contributed by atoms with Gasteiger partial charge in [0.25, 0.3) is 5.91 Å². The van der Waals surface area contributed by atoms with E-state index >= 15 is 0 Å². The van der Waals surface area contributed by atoms with Gasteiger partial charge >= 0.3 is 0 Å². The van der Waals surface area contributed by atoms with E-state index in [-0.39, 0.29) is 24.0 Å². The van der Waals surface area contributed by atoms with Gasteiger partial charge < -0.3 is 24.1 Å². The number of rotatable bonds is 6. The molecule has 2 amide bonds. The van der Waals surface area contributed by atoms with Crippen molar-refractivity contribution in [2.75, 3.05) is 12.5 Å². The van der Waals surface area contributed by atoms with Crippen LogP contribution in [-0.2, 0) is 17.9 Å². The minimum Gasteiger partial charge on any atom is -0.467 e. The molecule has 1 aromatic heterocycles. The number of thioether (sulfide) groups is 1. The molecule has 5 rings (SSSR count). The smallest absolute Gasteiger partial charge is 0.251 e. The van der Waals surface area contributed by atoms with Crippen molar-refractivity contribution in [3.63, 3.8) is 0 Å². The van der Waals surface area contributed by atoms with Crippen molar-refractivity contribution in [3.05, 3.63) is 83.3 Å². The number of hydrogen-bond donors (Lipinski definition) is 1. The van der Waals surface area contributed by atoms with Crippen molar-refractivity contribution >= 4 is 23.6 Å². The minimum atomic E-state index is -0.160. The Hall–Kier alpha value is -3.39. The zero-order chi connectivity index (χ0) is 21.2. The molecule has 2 aliphatic heterocycles. The van der Waals surface area contributed by atoms with Gasteiger partial charge in [-0.05, 0) is 47.5 Å². The van der Waals surface area contributed by atoms with Crippen molar-refractivity contribution in [3.8, 4) is 11.5 Å². The number of ether oxygens (including phenoxy) is 2.